The molecular formula is C65H49N. The highest BCUT2D eigenvalue weighted by molar-refractivity contribution is 6.19. The Morgan fingerprint density at radius 2 is 0.833 bits per heavy atom. The summed E-state index contributed by atoms with van der Waals surface area (Å²) in [6.45, 7) is 4.72. The van der Waals surface area contributed by atoms with Crippen molar-refractivity contribution in [2.75, 3.05) is 4.90 Å². The van der Waals surface area contributed by atoms with Crippen molar-refractivity contribution in [2.24, 2.45) is 0 Å². The number of rotatable bonds is 10. The normalized spacial score (nSPS) is 12.9. The van der Waals surface area contributed by atoms with E-state index in [9.17, 15) is 0 Å². The van der Waals surface area contributed by atoms with E-state index in [1.807, 2.05) is 0 Å². The number of fused-ring (bicyclic) bond motifs is 6. The zero-order chi connectivity index (χ0) is 44.2. The van der Waals surface area contributed by atoms with Crippen molar-refractivity contribution >= 4 is 40.0 Å². The van der Waals surface area contributed by atoms with Crippen LogP contribution in [0.1, 0.15) is 48.9 Å². The van der Waals surface area contributed by atoms with Crippen molar-refractivity contribution in [1.82, 2.24) is 0 Å². The van der Waals surface area contributed by atoms with Gasteiger partial charge in [0.1, 0.15) is 0 Å². The predicted molar refractivity (Wildman–Crippen MR) is 282 cm³/mol. The van der Waals surface area contributed by atoms with Crippen LogP contribution in [0.2, 0.25) is 0 Å². The molecule has 12 rings (SSSR count). The van der Waals surface area contributed by atoms with Crippen LogP contribution >= 0.6 is 0 Å². The quantitative estimate of drug-likeness (QED) is 0.124. The highest BCUT2D eigenvalue weighted by Gasteiger charge is 2.41. The van der Waals surface area contributed by atoms with E-state index in [0.29, 0.717) is 0 Å². The number of benzene rings is 10. The molecule has 0 aliphatic heterocycles. The van der Waals surface area contributed by atoms with Crippen LogP contribution < -0.4 is 4.90 Å². The zero-order valence-electron chi connectivity index (χ0n) is 37.4. The lowest BCUT2D eigenvalue weighted by atomic mass is 9.73. The topological polar surface area (TPSA) is 3.24 Å². The van der Waals surface area contributed by atoms with Crippen molar-refractivity contribution in [3.05, 3.63) is 247 Å². The molecule has 0 heterocycles. The molecule has 0 radical (unpaired) electrons. The fourth-order valence-electron chi connectivity index (χ4n) is 11.2. The van der Waals surface area contributed by atoms with Crippen molar-refractivity contribution in [1.29, 1.82) is 0 Å². The van der Waals surface area contributed by atoms with Crippen LogP contribution in [-0.2, 0) is 5.41 Å². The fourth-order valence-corrected chi connectivity index (χ4v) is 11.2. The van der Waals surface area contributed by atoms with Crippen LogP contribution in [0.15, 0.2) is 224 Å². The molecule has 0 unspecified atom stereocenters. The Labute approximate surface area is 388 Å². The average Bonchev–Trinajstić information content (AvgIpc) is 3.86. The van der Waals surface area contributed by atoms with E-state index in [-0.39, 0.29) is 5.41 Å². The van der Waals surface area contributed by atoms with Crippen molar-refractivity contribution < 1.29 is 0 Å². The molecule has 1 heteroatoms. The maximum Gasteiger partial charge on any atom is 0.0465 e. The number of para-hydroxylation sites is 2. The molecule has 0 bridgehead atoms. The van der Waals surface area contributed by atoms with Crippen LogP contribution in [0.4, 0.5) is 17.1 Å². The first-order chi connectivity index (χ1) is 32.6. The van der Waals surface area contributed by atoms with E-state index in [0.717, 1.165) is 24.2 Å². The molecule has 1 nitrogen and oxygen atoms in total. The summed E-state index contributed by atoms with van der Waals surface area (Å²) in [5.74, 6) is 0. The Morgan fingerprint density at radius 1 is 0.333 bits per heavy atom. The maximum atomic E-state index is 2.46. The van der Waals surface area contributed by atoms with Gasteiger partial charge in [-0.15, -0.1) is 0 Å². The predicted octanol–water partition coefficient (Wildman–Crippen LogP) is 18.2. The second-order valence-electron chi connectivity index (χ2n) is 17.8. The smallest absolute Gasteiger partial charge is 0.0465 e. The first kappa shape index (κ1) is 39.6. The Morgan fingerprint density at radius 3 is 1.52 bits per heavy atom. The van der Waals surface area contributed by atoms with E-state index in [1.54, 1.807) is 0 Å². The molecule has 0 atom stereocenters. The van der Waals surface area contributed by atoms with Gasteiger partial charge in [-0.05, 0) is 155 Å². The van der Waals surface area contributed by atoms with E-state index < -0.39 is 0 Å². The highest BCUT2D eigenvalue weighted by Crippen LogP contribution is 2.55. The Balaban J connectivity index is 0.884. The van der Waals surface area contributed by atoms with Gasteiger partial charge in [-0.3, -0.25) is 0 Å². The lowest BCUT2D eigenvalue weighted by molar-refractivity contribution is 0.490. The Kier molecular flexibility index (Phi) is 9.72. The van der Waals surface area contributed by atoms with Gasteiger partial charge in [-0.1, -0.05) is 208 Å². The van der Waals surface area contributed by atoms with Crippen LogP contribution in [0, 0.1) is 0 Å². The average molecular weight is 844 g/mol. The summed E-state index contributed by atoms with van der Waals surface area (Å²) >= 11 is 0. The molecule has 2 aliphatic carbocycles. The molecule has 0 fully saturated rings. The lowest BCUT2D eigenvalue weighted by Crippen LogP contribution is -2.23. The summed E-state index contributed by atoms with van der Waals surface area (Å²) in [5, 5.41) is 2.65. The van der Waals surface area contributed by atoms with Crippen molar-refractivity contribution in [2.45, 2.75) is 32.1 Å². The molecule has 0 aromatic heterocycles. The van der Waals surface area contributed by atoms with Crippen LogP contribution in [-0.4, -0.2) is 0 Å². The van der Waals surface area contributed by atoms with E-state index in [4.69, 9.17) is 0 Å². The summed E-state index contributed by atoms with van der Waals surface area (Å²) < 4.78 is 0. The van der Waals surface area contributed by atoms with Gasteiger partial charge in [0, 0.05) is 22.5 Å². The minimum Gasteiger partial charge on any atom is -0.310 e. The molecule has 10 aromatic carbocycles. The van der Waals surface area contributed by atoms with Crippen LogP contribution in [0.5, 0.6) is 0 Å². The molecule has 0 saturated heterocycles. The van der Waals surface area contributed by atoms with Gasteiger partial charge in [-0.2, -0.15) is 0 Å². The lowest BCUT2D eigenvalue weighted by Gasteiger charge is -2.32. The van der Waals surface area contributed by atoms with Crippen molar-refractivity contribution in [3.63, 3.8) is 0 Å². The summed E-state index contributed by atoms with van der Waals surface area (Å²) in [5.41, 5.74) is 24.0. The minimum atomic E-state index is -0.0772. The molecule has 0 saturated carbocycles. The largest absolute Gasteiger partial charge is 0.310 e. The minimum absolute atomic E-state index is 0.0772. The zero-order valence-corrected chi connectivity index (χ0v) is 37.4. The first-order valence-electron chi connectivity index (χ1n) is 23.5. The van der Waals surface area contributed by atoms with Gasteiger partial charge in [-0.25, -0.2) is 0 Å². The second-order valence-corrected chi connectivity index (χ2v) is 17.8. The molecule has 66 heavy (non-hydrogen) atoms. The first-order valence-corrected chi connectivity index (χ1v) is 23.5. The third-order valence-corrected chi connectivity index (χ3v) is 14.5. The molecule has 0 amide bonds. The summed E-state index contributed by atoms with van der Waals surface area (Å²) in [7, 11) is 0. The van der Waals surface area contributed by atoms with E-state index in [1.165, 1.54) is 105 Å². The second kappa shape index (κ2) is 16.2. The standard InChI is InChI=1S/C65H49N/c1-3-65(4-2)62-41-45(31-36-56(62)57-38-35-51(43-63(57)65)66(49-19-10-6-11-20-49)50-21-12-7-13-22-50)28-27-44-29-32-47(33-30-44)61-42-48(46-17-8-5-9-18-46)34-37-55(61)54-39-40-60-53-24-15-14-23-52(53)58-25-16-26-59(54)64(58)60/h5-43H,3-4H2,1-2H3/b28-27+. The van der Waals surface area contributed by atoms with E-state index >= 15 is 0 Å². The number of hydrogen-bond donors (Lipinski definition) is 0. The molecule has 0 spiro atoms. The third kappa shape index (κ3) is 6.45. The summed E-state index contributed by atoms with van der Waals surface area (Å²) in [6.07, 6.45) is 6.62. The SMILES string of the molecule is CCC1(CC)c2cc(/C=C/c3ccc(-c4cc(-c5ccccc5)ccc4-c4ccc5c6c(cccc46)-c4ccccc4-5)cc3)ccc2-c2ccc(N(c3ccccc3)c3ccccc3)cc21. The number of hydrogen-bond acceptors (Lipinski definition) is 1. The van der Waals surface area contributed by atoms with Gasteiger partial charge in [0.25, 0.3) is 0 Å². The van der Waals surface area contributed by atoms with Gasteiger partial charge >= 0.3 is 0 Å². The molecule has 10 aromatic rings. The number of nitrogens with zero attached hydrogens (tertiary/aromatic N) is 1. The van der Waals surface area contributed by atoms with Crippen LogP contribution in [0.3, 0.4) is 0 Å². The van der Waals surface area contributed by atoms with E-state index in [2.05, 4.69) is 255 Å². The van der Waals surface area contributed by atoms with Gasteiger partial charge in [0.15, 0.2) is 0 Å². The Bertz CT molecular complexity index is 3400. The van der Waals surface area contributed by atoms with Gasteiger partial charge < -0.3 is 4.90 Å². The van der Waals surface area contributed by atoms with Crippen molar-refractivity contribution in [3.8, 4) is 66.8 Å². The molecule has 2 aliphatic rings. The van der Waals surface area contributed by atoms with Gasteiger partial charge in [0.05, 0.1) is 0 Å². The number of anilines is 3. The monoisotopic (exact) mass is 843 g/mol. The van der Waals surface area contributed by atoms with Gasteiger partial charge in [0.2, 0.25) is 0 Å². The summed E-state index contributed by atoms with van der Waals surface area (Å²) in [6, 6.07) is 82.9. The summed E-state index contributed by atoms with van der Waals surface area (Å²) in [4.78, 5) is 2.38. The molecular weight excluding hydrogens is 795 g/mol. The third-order valence-electron chi connectivity index (χ3n) is 14.5. The fraction of sp³-hybridized carbons (Fsp3) is 0.0769. The maximum absolute atomic E-state index is 2.46. The molecule has 0 N–H and O–H groups in total. The molecule has 314 valence electrons. The Hall–Kier alpha value is -8.00. The highest BCUT2D eigenvalue weighted by atomic mass is 15.1. The van der Waals surface area contributed by atoms with Crippen LogP contribution in [0.25, 0.3) is 89.7 Å².